The van der Waals surface area contributed by atoms with Crippen molar-refractivity contribution in [3.63, 3.8) is 0 Å². The molecule has 0 amide bonds. The van der Waals surface area contributed by atoms with E-state index in [0.717, 1.165) is 42.1 Å². The number of H-pyrrole nitrogens is 1. The van der Waals surface area contributed by atoms with E-state index in [-0.39, 0.29) is 0 Å². The van der Waals surface area contributed by atoms with E-state index in [1.807, 2.05) is 30.6 Å². The molecule has 134 valence electrons. The summed E-state index contributed by atoms with van der Waals surface area (Å²) in [7, 11) is 0. The normalized spacial score (nSPS) is 13.5. The van der Waals surface area contributed by atoms with Crippen LogP contribution in [0.2, 0.25) is 0 Å². The summed E-state index contributed by atoms with van der Waals surface area (Å²) in [6, 6.07) is 17.0. The number of anilines is 1. The molecule has 1 aliphatic heterocycles. The van der Waals surface area contributed by atoms with Crippen LogP contribution in [0.15, 0.2) is 60.9 Å². The smallest absolute Gasteiger partial charge is 0.140 e. The van der Waals surface area contributed by atoms with Crippen LogP contribution in [0, 0.1) is 0 Å². The maximum Gasteiger partial charge on any atom is 0.140 e. The summed E-state index contributed by atoms with van der Waals surface area (Å²) < 4.78 is 0. The Balaban J connectivity index is 1.52. The van der Waals surface area contributed by atoms with Gasteiger partial charge in [0.25, 0.3) is 0 Å². The van der Waals surface area contributed by atoms with Crippen molar-refractivity contribution in [3.05, 3.63) is 77.7 Å². The first-order valence-electron chi connectivity index (χ1n) is 9.32. The summed E-state index contributed by atoms with van der Waals surface area (Å²) in [5.74, 6) is 0.849. The minimum Gasteiger partial charge on any atom is -0.364 e. The Bertz CT molecular complexity index is 1080. The number of aromatic amines is 1. The molecule has 5 rings (SSSR count). The summed E-state index contributed by atoms with van der Waals surface area (Å²) in [5.41, 5.74) is 7.15. The Kier molecular flexibility index (Phi) is 4.07. The van der Waals surface area contributed by atoms with Crippen molar-refractivity contribution in [1.29, 1.82) is 0 Å². The highest BCUT2D eigenvalue weighted by Crippen LogP contribution is 2.32. The number of nitrogens with zero attached hydrogens (tertiary/aromatic N) is 2. The second-order valence-corrected chi connectivity index (χ2v) is 6.88. The van der Waals surface area contributed by atoms with Gasteiger partial charge in [-0.2, -0.15) is 0 Å². The first kappa shape index (κ1) is 16.0. The van der Waals surface area contributed by atoms with E-state index in [2.05, 4.69) is 50.9 Å². The maximum absolute atomic E-state index is 4.72. The van der Waals surface area contributed by atoms with Crippen LogP contribution in [0.5, 0.6) is 0 Å². The quantitative estimate of drug-likeness (QED) is 0.520. The number of fused-ring (bicyclic) bond motifs is 2. The molecule has 5 nitrogen and oxygen atoms in total. The Morgan fingerprint density at radius 3 is 2.96 bits per heavy atom. The summed E-state index contributed by atoms with van der Waals surface area (Å²) in [6.07, 6.45) is 4.86. The molecule has 0 saturated heterocycles. The van der Waals surface area contributed by atoms with Gasteiger partial charge in [0.15, 0.2) is 0 Å². The SMILES string of the molecule is c1ccc(CNc2cc(-c3ccc4c(c3)CNCC4)c3cc[nH]c3n2)nc1. The first-order valence-corrected chi connectivity index (χ1v) is 9.32. The Labute approximate surface area is 157 Å². The minimum absolute atomic E-state index is 0.646. The average molecular weight is 355 g/mol. The van der Waals surface area contributed by atoms with Gasteiger partial charge in [0.2, 0.25) is 0 Å². The van der Waals surface area contributed by atoms with Crippen LogP contribution in [-0.4, -0.2) is 21.5 Å². The van der Waals surface area contributed by atoms with E-state index >= 15 is 0 Å². The van der Waals surface area contributed by atoms with E-state index in [9.17, 15) is 0 Å². The van der Waals surface area contributed by atoms with Gasteiger partial charge >= 0.3 is 0 Å². The molecule has 0 saturated carbocycles. The number of aromatic nitrogens is 3. The maximum atomic E-state index is 4.72. The van der Waals surface area contributed by atoms with E-state index < -0.39 is 0 Å². The lowest BCUT2D eigenvalue weighted by atomic mass is 9.95. The highest BCUT2D eigenvalue weighted by molar-refractivity contribution is 5.94. The van der Waals surface area contributed by atoms with Crippen molar-refractivity contribution in [2.75, 3.05) is 11.9 Å². The van der Waals surface area contributed by atoms with Crippen LogP contribution in [0.4, 0.5) is 5.82 Å². The lowest BCUT2D eigenvalue weighted by molar-refractivity contribution is 0.644. The minimum atomic E-state index is 0.646. The van der Waals surface area contributed by atoms with E-state index in [0.29, 0.717) is 6.54 Å². The fraction of sp³-hybridized carbons (Fsp3) is 0.182. The number of nitrogens with one attached hydrogen (secondary N) is 3. The third-order valence-corrected chi connectivity index (χ3v) is 5.11. The van der Waals surface area contributed by atoms with Crippen molar-refractivity contribution >= 4 is 16.9 Å². The summed E-state index contributed by atoms with van der Waals surface area (Å²) in [5, 5.41) is 8.01. The van der Waals surface area contributed by atoms with Gasteiger partial charge in [0.1, 0.15) is 11.5 Å². The monoisotopic (exact) mass is 355 g/mol. The molecular weight excluding hydrogens is 334 g/mol. The predicted octanol–water partition coefficient (Wildman–Crippen LogP) is 3.88. The number of hydrogen-bond donors (Lipinski definition) is 3. The van der Waals surface area contributed by atoms with Crippen molar-refractivity contribution in [2.45, 2.75) is 19.5 Å². The topological polar surface area (TPSA) is 65.6 Å². The van der Waals surface area contributed by atoms with Gasteiger partial charge in [-0.25, -0.2) is 4.98 Å². The molecule has 0 atom stereocenters. The van der Waals surface area contributed by atoms with Crippen LogP contribution >= 0.6 is 0 Å². The molecule has 3 N–H and O–H groups in total. The Morgan fingerprint density at radius 2 is 2.04 bits per heavy atom. The first-order chi connectivity index (χ1) is 13.4. The standard InChI is InChI=1S/C22H21N5/c1-2-8-24-18(3-1)14-26-21-12-20(19-7-10-25-22(19)27-21)16-5-4-15-6-9-23-13-17(15)11-16/h1-5,7-8,10-12,23H,6,9,13-14H2,(H2,25,26,27). The molecule has 4 heterocycles. The van der Waals surface area contributed by atoms with Crippen LogP contribution in [0.3, 0.4) is 0 Å². The fourth-order valence-corrected chi connectivity index (χ4v) is 3.70. The van der Waals surface area contributed by atoms with Gasteiger partial charge in [-0.1, -0.05) is 18.2 Å². The molecule has 1 aromatic carbocycles. The third-order valence-electron chi connectivity index (χ3n) is 5.11. The van der Waals surface area contributed by atoms with Crippen molar-refractivity contribution in [3.8, 4) is 11.1 Å². The number of hydrogen-bond acceptors (Lipinski definition) is 4. The molecule has 4 aromatic rings. The van der Waals surface area contributed by atoms with Crippen LogP contribution in [0.1, 0.15) is 16.8 Å². The highest BCUT2D eigenvalue weighted by atomic mass is 15.0. The van der Waals surface area contributed by atoms with E-state index in [1.54, 1.807) is 0 Å². The van der Waals surface area contributed by atoms with Gasteiger partial charge < -0.3 is 15.6 Å². The molecule has 27 heavy (non-hydrogen) atoms. The fourth-order valence-electron chi connectivity index (χ4n) is 3.70. The van der Waals surface area contributed by atoms with Gasteiger partial charge in [0.05, 0.1) is 12.2 Å². The Morgan fingerprint density at radius 1 is 1.04 bits per heavy atom. The highest BCUT2D eigenvalue weighted by Gasteiger charge is 2.13. The van der Waals surface area contributed by atoms with Crippen molar-refractivity contribution < 1.29 is 0 Å². The van der Waals surface area contributed by atoms with E-state index in [4.69, 9.17) is 4.98 Å². The lowest BCUT2D eigenvalue weighted by Crippen LogP contribution is -2.23. The van der Waals surface area contributed by atoms with Gasteiger partial charge in [-0.15, -0.1) is 0 Å². The molecule has 0 fully saturated rings. The van der Waals surface area contributed by atoms with Gasteiger partial charge in [-0.05, 0) is 65.6 Å². The molecule has 0 aliphatic carbocycles. The van der Waals surface area contributed by atoms with Crippen LogP contribution < -0.4 is 10.6 Å². The predicted molar refractivity (Wildman–Crippen MR) is 109 cm³/mol. The third kappa shape index (κ3) is 3.17. The van der Waals surface area contributed by atoms with Crippen LogP contribution in [-0.2, 0) is 19.5 Å². The summed E-state index contributed by atoms with van der Waals surface area (Å²) >= 11 is 0. The molecule has 0 unspecified atom stereocenters. The van der Waals surface area contributed by atoms with Crippen molar-refractivity contribution in [2.24, 2.45) is 0 Å². The lowest BCUT2D eigenvalue weighted by Gasteiger charge is -2.18. The second-order valence-electron chi connectivity index (χ2n) is 6.88. The number of pyridine rings is 2. The zero-order chi connectivity index (χ0) is 18.1. The molecule has 3 aromatic heterocycles. The zero-order valence-electron chi connectivity index (χ0n) is 15.0. The van der Waals surface area contributed by atoms with Gasteiger partial charge in [0, 0.05) is 24.3 Å². The summed E-state index contributed by atoms with van der Waals surface area (Å²) in [4.78, 5) is 12.3. The second kappa shape index (κ2) is 6.85. The van der Waals surface area contributed by atoms with Crippen molar-refractivity contribution in [1.82, 2.24) is 20.3 Å². The molecule has 5 heteroatoms. The molecule has 0 bridgehead atoms. The number of benzene rings is 1. The van der Waals surface area contributed by atoms with Crippen LogP contribution in [0.25, 0.3) is 22.2 Å². The Hall–Kier alpha value is -3.18. The summed E-state index contributed by atoms with van der Waals surface area (Å²) in [6.45, 7) is 2.65. The zero-order valence-corrected chi connectivity index (χ0v) is 15.0. The van der Waals surface area contributed by atoms with Gasteiger partial charge in [-0.3, -0.25) is 4.98 Å². The van der Waals surface area contributed by atoms with E-state index in [1.165, 1.54) is 22.3 Å². The molecule has 0 radical (unpaired) electrons. The molecule has 1 aliphatic rings. The number of rotatable bonds is 4. The largest absolute Gasteiger partial charge is 0.364 e. The molecule has 0 spiro atoms. The average Bonchev–Trinajstić information content (AvgIpc) is 3.21. The molecular formula is C22H21N5.